The lowest BCUT2D eigenvalue weighted by molar-refractivity contribution is -0.0842. The van der Waals surface area contributed by atoms with Gasteiger partial charge in [-0.15, -0.1) is 0 Å². The SMILES string of the molecule is CC(CCO)C1CCO1. The van der Waals surface area contributed by atoms with Gasteiger partial charge in [-0.25, -0.2) is 0 Å². The van der Waals surface area contributed by atoms with Crippen molar-refractivity contribution in [3.63, 3.8) is 0 Å². The van der Waals surface area contributed by atoms with Crippen molar-refractivity contribution in [3.8, 4) is 0 Å². The van der Waals surface area contributed by atoms with E-state index in [1.54, 1.807) is 0 Å². The highest BCUT2D eigenvalue weighted by Crippen LogP contribution is 2.21. The molecule has 0 bridgehead atoms. The summed E-state index contributed by atoms with van der Waals surface area (Å²) in [4.78, 5) is 0. The van der Waals surface area contributed by atoms with E-state index in [-0.39, 0.29) is 0 Å². The van der Waals surface area contributed by atoms with E-state index >= 15 is 0 Å². The first kappa shape index (κ1) is 7.03. The monoisotopic (exact) mass is 130 g/mol. The van der Waals surface area contributed by atoms with Crippen LogP contribution >= 0.6 is 0 Å². The van der Waals surface area contributed by atoms with Crippen molar-refractivity contribution in [3.05, 3.63) is 0 Å². The Hall–Kier alpha value is -0.0800. The maximum atomic E-state index is 8.55. The van der Waals surface area contributed by atoms with E-state index < -0.39 is 0 Å². The van der Waals surface area contributed by atoms with Gasteiger partial charge in [0, 0.05) is 13.2 Å². The summed E-state index contributed by atoms with van der Waals surface area (Å²) in [5.41, 5.74) is 0. The van der Waals surface area contributed by atoms with Crippen LogP contribution in [0.1, 0.15) is 19.8 Å². The Balaban J connectivity index is 2.08. The minimum atomic E-state index is 0.293. The van der Waals surface area contributed by atoms with E-state index in [1.165, 1.54) is 6.42 Å². The maximum Gasteiger partial charge on any atom is 0.0623 e. The Morgan fingerprint density at radius 3 is 2.78 bits per heavy atom. The molecule has 1 rings (SSSR count). The van der Waals surface area contributed by atoms with E-state index in [9.17, 15) is 0 Å². The van der Waals surface area contributed by atoms with Crippen LogP contribution in [0, 0.1) is 5.92 Å². The van der Waals surface area contributed by atoms with E-state index in [0.29, 0.717) is 18.6 Å². The highest BCUT2D eigenvalue weighted by Gasteiger charge is 2.23. The maximum absolute atomic E-state index is 8.55. The molecule has 9 heavy (non-hydrogen) atoms. The van der Waals surface area contributed by atoms with Crippen LogP contribution in [0.4, 0.5) is 0 Å². The predicted molar refractivity (Wildman–Crippen MR) is 35.2 cm³/mol. The summed E-state index contributed by atoms with van der Waals surface area (Å²) in [6.45, 7) is 3.33. The minimum Gasteiger partial charge on any atom is -0.396 e. The van der Waals surface area contributed by atoms with Gasteiger partial charge >= 0.3 is 0 Å². The van der Waals surface area contributed by atoms with Crippen molar-refractivity contribution >= 4 is 0 Å². The van der Waals surface area contributed by atoms with Crippen molar-refractivity contribution in [1.82, 2.24) is 0 Å². The Morgan fingerprint density at radius 2 is 2.44 bits per heavy atom. The molecule has 0 aromatic carbocycles. The Morgan fingerprint density at radius 1 is 1.78 bits per heavy atom. The van der Waals surface area contributed by atoms with Crippen LogP contribution in [-0.2, 0) is 4.74 Å². The standard InChI is InChI=1S/C7H14O2/c1-6(2-4-8)7-3-5-9-7/h6-8H,2-5H2,1H3. The van der Waals surface area contributed by atoms with Gasteiger partial charge in [-0.3, -0.25) is 0 Å². The van der Waals surface area contributed by atoms with Gasteiger partial charge in [0.05, 0.1) is 6.10 Å². The van der Waals surface area contributed by atoms with E-state index in [2.05, 4.69) is 6.92 Å². The number of hydrogen-bond donors (Lipinski definition) is 1. The van der Waals surface area contributed by atoms with Gasteiger partial charge in [0.25, 0.3) is 0 Å². The zero-order chi connectivity index (χ0) is 6.69. The van der Waals surface area contributed by atoms with Gasteiger partial charge in [-0.05, 0) is 18.8 Å². The van der Waals surface area contributed by atoms with Gasteiger partial charge in [-0.2, -0.15) is 0 Å². The quantitative estimate of drug-likeness (QED) is 0.612. The second kappa shape index (κ2) is 3.18. The lowest BCUT2D eigenvalue weighted by Gasteiger charge is -2.31. The lowest BCUT2D eigenvalue weighted by Crippen LogP contribution is -2.33. The summed E-state index contributed by atoms with van der Waals surface area (Å²) in [7, 11) is 0. The normalized spacial score (nSPS) is 29.3. The number of aliphatic hydroxyl groups is 1. The molecule has 0 radical (unpaired) electrons. The molecule has 0 aromatic heterocycles. The third-order valence-electron chi connectivity index (χ3n) is 1.95. The molecule has 0 aromatic rings. The van der Waals surface area contributed by atoms with Gasteiger partial charge < -0.3 is 9.84 Å². The summed E-state index contributed by atoms with van der Waals surface area (Å²) >= 11 is 0. The summed E-state index contributed by atoms with van der Waals surface area (Å²) in [5.74, 6) is 0.545. The van der Waals surface area contributed by atoms with Crippen molar-refractivity contribution in [2.75, 3.05) is 13.2 Å². The molecule has 0 amide bonds. The van der Waals surface area contributed by atoms with Gasteiger partial charge in [0.1, 0.15) is 0 Å². The molecule has 1 aliphatic rings. The Kier molecular flexibility index (Phi) is 2.49. The molecule has 1 fully saturated rings. The molecule has 1 saturated heterocycles. The van der Waals surface area contributed by atoms with E-state index in [1.807, 2.05) is 0 Å². The van der Waals surface area contributed by atoms with Crippen LogP contribution in [0.25, 0.3) is 0 Å². The Labute approximate surface area is 55.8 Å². The average molecular weight is 130 g/mol. The highest BCUT2D eigenvalue weighted by atomic mass is 16.5. The molecule has 2 atom stereocenters. The highest BCUT2D eigenvalue weighted by molar-refractivity contribution is 4.72. The number of aliphatic hydroxyl groups excluding tert-OH is 1. The number of hydrogen-bond acceptors (Lipinski definition) is 2. The summed E-state index contributed by atoms with van der Waals surface area (Å²) in [5, 5.41) is 8.55. The second-order valence-corrected chi connectivity index (χ2v) is 2.69. The van der Waals surface area contributed by atoms with Crippen LogP contribution in [0.2, 0.25) is 0 Å². The molecule has 2 unspecified atom stereocenters. The smallest absolute Gasteiger partial charge is 0.0623 e. The van der Waals surface area contributed by atoms with E-state index in [0.717, 1.165) is 13.0 Å². The van der Waals surface area contributed by atoms with E-state index in [4.69, 9.17) is 9.84 Å². The first-order valence-corrected chi connectivity index (χ1v) is 3.57. The summed E-state index contributed by atoms with van der Waals surface area (Å²) in [6, 6.07) is 0. The molecule has 1 N–H and O–H groups in total. The van der Waals surface area contributed by atoms with Crippen molar-refractivity contribution in [2.24, 2.45) is 5.92 Å². The molecule has 2 nitrogen and oxygen atoms in total. The molecule has 0 saturated carbocycles. The number of ether oxygens (including phenoxy) is 1. The van der Waals surface area contributed by atoms with Crippen LogP contribution < -0.4 is 0 Å². The average Bonchev–Trinajstić information content (AvgIpc) is 1.60. The van der Waals surface area contributed by atoms with Gasteiger partial charge in [-0.1, -0.05) is 6.92 Å². The van der Waals surface area contributed by atoms with Crippen LogP contribution in [0.5, 0.6) is 0 Å². The summed E-state index contributed by atoms with van der Waals surface area (Å²) < 4.78 is 5.23. The zero-order valence-electron chi connectivity index (χ0n) is 5.84. The minimum absolute atomic E-state index is 0.293. The second-order valence-electron chi connectivity index (χ2n) is 2.69. The molecular formula is C7H14O2. The number of rotatable bonds is 3. The molecule has 2 heteroatoms. The Bertz CT molecular complexity index is 79.0. The molecule has 1 heterocycles. The fourth-order valence-corrected chi connectivity index (χ4v) is 1.09. The first-order valence-electron chi connectivity index (χ1n) is 3.57. The van der Waals surface area contributed by atoms with Gasteiger partial charge in [0.15, 0.2) is 0 Å². The largest absolute Gasteiger partial charge is 0.396 e. The molecule has 54 valence electrons. The summed E-state index contributed by atoms with van der Waals surface area (Å²) in [6.07, 6.45) is 2.50. The molecule has 1 aliphatic heterocycles. The topological polar surface area (TPSA) is 29.5 Å². The molecule has 0 spiro atoms. The van der Waals surface area contributed by atoms with Crippen molar-refractivity contribution in [2.45, 2.75) is 25.9 Å². The third kappa shape index (κ3) is 1.66. The fourth-order valence-electron chi connectivity index (χ4n) is 1.09. The van der Waals surface area contributed by atoms with Crippen LogP contribution in [-0.4, -0.2) is 24.4 Å². The first-order chi connectivity index (χ1) is 4.34. The molecule has 0 aliphatic carbocycles. The van der Waals surface area contributed by atoms with Gasteiger partial charge in [0.2, 0.25) is 0 Å². The van der Waals surface area contributed by atoms with Crippen molar-refractivity contribution < 1.29 is 9.84 Å². The lowest BCUT2D eigenvalue weighted by atomic mass is 9.96. The van der Waals surface area contributed by atoms with Crippen molar-refractivity contribution in [1.29, 1.82) is 0 Å². The zero-order valence-corrected chi connectivity index (χ0v) is 5.84. The fraction of sp³-hybridized carbons (Fsp3) is 1.00. The van der Waals surface area contributed by atoms with Crippen LogP contribution in [0.15, 0.2) is 0 Å². The third-order valence-corrected chi connectivity index (χ3v) is 1.95. The molecular weight excluding hydrogens is 116 g/mol. The van der Waals surface area contributed by atoms with Crippen LogP contribution in [0.3, 0.4) is 0 Å². The predicted octanol–water partition coefficient (Wildman–Crippen LogP) is 0.794.